The Kier molecular flexibility index (Phi) is 2.80. The van der Waals surface area contributed by atoms with E-state index in [4.69, 9.17) is 4.74 Å². The fourth-order valence-corrected chi connectivity index (χ4v) is 2.43. The van der Waals surface area contributed by atoms with Crippen molar-refractivity contribution in [2.24, 2.45) is 0 Å². The third-order valence-corrected chi connectivity index (χ3v) is 3.23. The van der Waals surface area contributed by atoms with E-state index in [2.05, 4.69) is 4.98 Å². The molecule has 0 bridgehead atoms. The van der Waals surface area contributed by atoms with Gasteiger partial charge >= 0.3 is 5.97 Å². The number of carbonyl (C=O) groups is 1. The molecule has 4 nitrogen and oxygen atoms in total. The summed E-state index contributed by atoms with van der Waals surface area (Å²) in [5.41, 5.74) is 2.51. The van der Waals surface area contributed by atoms with E-state index in [1.807, 2.05) is 30.3 Å². The number of aliphatic hydroxyl groups is 1. The molecule has 2 unspecified atom stereocenters. The van der Waals surface area contributed by atoms with Crippen molar-refractivity contribution in [3.63, 3.8) is 0 Å². The lowest BCUT2D eigenvalue weighted by Crippen LogP contribution is -2.25. The fraction of sp³-hybridized carbons (Fsp3) is 0.200. The van der Waals surface area contributed by atoms with Crippen molar-refractivity contribution < 1.29 is 14.6 Å². The number of aliphatic hydroxyl groups excluding tert-OH is 1. The molecular weight excluding hydrogens is 242 g/mol. The highest BCUT2D eigenvalue weighted by Gasteiger charge is 2.28. The first-order chi connectivity index (χ1) is 9.16. The number of rotatable bonds is 1. The number of pyridine rings is 1. The van der Waals surface area contributed by atoms with E-state index in [9.17, 15) is 9.90 Å². The van der Waals surface area contributed by atoms with Crippen LogP contribution in [-0.4, -0.2) is 22.2 Å². The molecule has 0 amide bonds. The van der Waals surface area contributed by atoms with Gasteiger partial charge in [-0.3, -0.25) is 9.78 Å². The van der Waals surface area contributed by atoms with Gasteiger partial charge in [-0.2, -0.15) is 0 Å². The third-order valence-electron chi connectivity index (χ3n) is 3.23. The van der Waals surface area contributed by atoms with Crippen LogP contribution < -0.4 is 0 Å². The van der Waals surface area contributed by atoms with Gasteiger partial charge in [0.05, 0.1) is 5.52 Å². The molecule has 19 heavy (non-hydrogen) atoms. The summed E-state index contributed by atoms with van der Waals surface area (Å²) in [5.74, 6) is -0.407. The number of hydrogen-bond donors (Lipinski definition) is 1. The largest absolute Gasteiger partial charge is 0.455 e. The molecular formula is C15H13NO3. The summed E-state index contributed by atoms with van der Waals surface area (Å²) in [6.45, 7) is 1.33. The van der Waals surface area contributed by atoms with Crippen LogP contribution in [0.3, 0.4) is 0 Å². The minimum atomic E-state index is -0.864. The van der Waals surface area contributed by atoms with Crippen LogP contribution >= 0.6 is 0 Å². The summed E-state index contributed by atoms with van der Waals surface area (Å²) in [6, 6.07) is 7.56. The Morgan fingerprint density at radius 2 is 2.21 bits per heavy atom. The van der Waals surface area contributed by atoms with Crippen molar-refractivity contribution >= 4 is 22.9 Å². The Hall–Kier alpha value is -2.20. The molecule has 0 fully saturated rings. The minimum Gasteiger partial charge on any atom is -0.455 e. The zero-order chi connectivity index (χ0) is 13.4. The molecule has 1 aliphatic carbocycles. The number of ether oxygens (including phenoxy) is 1. The third kappa shape index (κ3) is 2.00. The van der Waals surface area contributed by atoms with Gasteiger partial charge in [0.2, 0.25) is 0 Å². The van der Waals surface area contributed by atoms with Gasteiger partial charge in [0.15, 0.2) is 6.10 Å². The molecule has 96 valence electrons. The highest BCUT2D eigenvalue weighted by Crippen LogP contribution is 2.34. The van der Waals surface area contributed by atoms with Gasteiger partial charge in [-0.05, 0) is 23.8 Å². The SMILES string of the molecule is CC(=O)OC1C=Cc2ccc3ncccc3c2C1O. The molecule has 0 aliphatic heterocycles. The van der Waals surface area contributed by atoms with E-state index in [0.717, 1.165) is 22.0 Å². The number of fused-ring (bicyclic) bond motifs is 3. The van der Waals surface area contributed by atoms with Gasteiger partial charge in [-0.15, -0.1) is 0 Å². The van der Waals surface area contributed by atoms with Crippen molar-refractivity contribution in [2.45, 2.75) is 19.1 Å². The number of esters is 1. The molecule has 2 aromatic rings. The number of benzene rings is 1. The van der Waals surface area contributed by atoms with E-state index < -0.39 is 18.2 Å². The number of aromatic nitrogens is 1. The number of carbonyl (C=O) groups excluding carboxylic acids is 1. The average Bonchev–Trinajstić information content (AvgIpc) is 2.41. The Morgan fingerprint density at radius 1 is 1.37 bits per heavy atom. The lowest BCUT2D eigenvalue weighted by molar-refractivity contribution is -0.149. The lowest BCUT2D eigenvalue weighted by Gasteiger charge is -2.26. The molecule has 2 atom stereocenters. The van der Waals surface area contributed by atoms with Crippen molar-refractivity contribution in [3.8, 4) is 0 Å². The molecule has 1 aromatic heterocycles. The molecule has 0 saturated heterocycles. The maximum Gasteiger partial charge on any atom is 0.303 e. The first-order valence-electron chi connectivity index (χ1n) is 6.08. The van der Waals surface area contributed by atoms with Gasteiger partial charge in [0.1, 0.15) is 6.10 Å². The summed E-state index contributed by atoms with van der Waals surface area (Å²) in [7, 11) is 0. The van der Waals surface area contributed by atoms with Crippen LogP contribution in [0.25, 0.3) is 17.0 Å². The maximum atomic E-state index is 11.1. The second-order valence-corrected chi connectivity index (χ2v) is 4.52. The second kappa shape index (κ2) is 4.48. The number of hydrogen-bond acceptors (Lipinski definition) is 4. The molecule has 1 N–H and O–H groups in total. The van der Waals surface area contributed by atoms with Crippen LogP contribution in [0.2, 0.25) is 0 Å². The van der Waals surface area contributed by atoms with E-state index in [-0.39, 0.29) is 0 Å². The molecule has 1 aromatic carbocycles. The zero-order valence-electron chi connectivity index (χ0n) is 10.4. The summed E-state index contributed by atoms with van der Waals surface area (Å²) >= 11 is 0. The monoisotopic (exact) mass is 255 g/mol. The fourth-order valence-electron chi connectivity index (χ4n) is 2.43. The maximum absolute atomic E-state index is 11.1. The van der Waals surface area contributed by atoms with E-state index in [1.165, 1.54) is 6.92 Å². The van der Waals surface area contributed by atoms with Gasteiger partial charge in [-0.1, -0.05) is 18.2 Å². The first kappa shape index (κ1) is 11.9. The van der Waals surface area contributed by atoms with E-state index >= 15 is 0 Å². The summed E-state index contributed by atoms with van der Waals surface area (Å²) in [5, 5.41) is 11.3. The summed E-state index contributed by atoms with van der Waals surface area (Å²) in [6.07, 6.45) is 3.77. The van der Waals surface area contributed by atoms with Crippen LogP contribution in [0.15, 0.2) is 36.5 Å². The smallest absolute Gasteiger partial charge is 0.303 e. The Labute approximate surface area is 110 Å². The highest BCUT2D eigenvalue weighted by molar-refractivity contribution is 5.87. The van der Waals surface area contributed by atoms with Crippen LogP contribution in [0.4, 0.5) is 0 Å². The van der Waals surface area contributed by atoms with Crippen LogP contribution in [-0.2, 0) is 9.53 Å². The number of nitrogens with zero attached hydrogens (tertiary/aromatic N) is 1. The van der Waals surface area contributed by atoms with Crippen molar-refractivity contribution in [2.75, 3.05) is 0 Å². The molecule has 0 spiro atoms. The normalized spacial score (nSPS) is 21.2. The summed E-state index contributed by atoms with van der Waals surface area (Å²) < 4.78 is 5.11. The van der Waals surface area contributed by atoms with Crippen molar-refractivity contribution in [1.29, 1.82) is 0 Å². The lowest BCUT2D eigenvalue weighted by atomic mass is 9.89. The van der Waals surface area contributed by atoms with Gasteiger partial charge in [-0.25, -0.2) is 0 Å². The zero-order valence-corrected chi connectivity index (χ0v) is 10.4. The van der Waals surface area contributed by atoms with Crippen molar-refractivity contribution in [3.05, 3.63) is 47.7 Å². The van der Waals surface area contributed by atoms with E-state index in [0.29, 0.717) is 0 Å². The van der Waals surface area contributed by atoms with Crippen LogP contribution in [0.5, 0.6) is 0 Å². The summed E-state index contributed by atoms with van der Waals surface area (Å²) in [4.78, 5) is 15.3. The molecule has 1 aliphatic rings. The van der Waals surface area contributed by atoms with Crippen molar-refractivity contribution in [1.82, 2.24) is 4.98 Å². The topological polar surface area (TPSA) is 59.4 Å². The standard InChI is InChI=1S/C15H13NO3/c1-9(17)19-13-7-5-10-4-6-12-11(3-2-8-16-12)14(10)15(13)18/h2-8,13,15,18H,1H3. The predicted molar refractivity (Wildman–Crippen MR) is 71.3 cm³/mol. The Bertz CT molecular complexity index is 678. The molecule has 4 heteroatoms. The Balaban J connectivity index is 2.15. The van der Waals surface area contributed by atoms with Crippen LogP contribution in [0, 0.1) is 0 Å². The molecule has 0 radical (unpaired) electrons. The van der Waals surface area contributed by atoms with Crippen LogP contribution in [0.1, 0.15) is 24.2 Å². The molecule has 1 heterocycles. The van der Waals surface area contributed by atoms with E-state index in [1.54, 1.807) is 12.3 Å². The first-order valence-corrected chi connectivity index (χ1v) is 6.08. The van der Waals surface area contributed by atoms with Gasteiger partial charge in [0, 0.05) is 24.1 Å². The second-order valence-electron chi connectivity index (χ2n) is 4.52. The molecule has 0 saturated carbocycles. The van der Waals surface area contributed by atoms with Gasteiger partial charge in [0.25, 0.3) is 0 Å². The Morgan fingerprint density at radius 3 is 3.00 bits per heavy atom. The minimum absolute atomic E-state index is 0.407. The quantitative estimate of drug-likeness (QED) is 0.794. The highest BCUT2D eigenvalue weighted by atomic mass is 16.6. The predicted octanol–water partition coefficient (Wildman–Crippen LogP) is 2.23. The van der Waals surface area contributed by atoms with Gasteiger partial charge < -0.3 is 9.84 Å². The average molecular weight is 255 g/mol. The molecule has 3 rings (SSSR count).